The third-order valence-electron chi connectivity index (χ3n) is 11.4. The van der Waals surface area contributed by atoms with Crippen molar-refractivity contribution < 1.29 is 31.0 Å². The van der Waals surface area contributed by atoms with Gasteiger partial charge in [-0.2, -0.15) is 0 Å². The van der Waals surface area contributed by atoms with Crippen LogP contribution in [0.5, 0.6) is 0 Å². The quantitative estimate of drug-likeness (QED) is 0.286. The van der Waals surface area contributed by atoms with Crippen LogP contribution in [0.3, 0.4) is 0 Å². The van der Waals surface area contributed by atoms with Gasteiger partial charge in [0, 0.05) is 10.4 Å². The van der Waals surface area contributed by atoms with E-state index in [1.165, 1.54) is 37.7 Å². The summed E-state index contributed by atoms with van der Waals surface area (Å²) in [7, 11) is 4.45. The lowest BCUT2D eigenvalue weighted by Crippen LogP contribution is -3.00. The number of ether oxygens (including phenoxy) is 1. The highest BCUT2D eigenvalue weighted by atomic mass is 79.9. The van der Waals surface area contributed by atoms with Gasteiger partial charge < -0.3 is 26.2 Å². The smallest absolute Gasteiger partial charge is 0.312 e. The summed E-state index contributed by atoms with van der Waals surface area (Å²) in [6, 6.07) is 10.6. The second-order valence-corrected chi connectivity index (χ2v) is 14.8. The van der Waals surface area contributed by atoms with Gasteiger partial charge in [-0.25, -0.2) is 0 Å². The number of benzene rings is 1. The van der Waals surface area contributed by atoms with Crippen LogP contribution in [-0.4, -0.2) is 42.6 Å². The summed E-state index contributed by atoms with van der Waals surface area (Å²) < 4.78 is 6.92. The fraction of sp³-hybridized carbons (Fsp3) is 0.774. The van der Waals surface area contributed by atoms with Crippen molar-refractivity contribution in [1.29, 1.82) is 0 Å². The number of carbonyl (C=O) groups is 1. The Kier molecular flexibility index (Phi) is 7.79. The molecule has 4 aliphatic carbocycles. The molecule has 0 radical (unpaired) electrons. The molecule has 5 heteroatoms. The number of nitrogens with zero attached hydrogens (tertiary/aromatic N) is 1. The van der Waals surface area contributed by atoms with Crippen molar-refractivity contribution in [3.63, 3.8) is 0 Å². The minimum Gasteiger partial charge on any atom is -1.00 e. The molecule has 4 saturated carbocycles. The number of rotatable bonds is 6. The van der Waals surface area contributed by atoms with Crippen LogP contribution in [0.25, 0.3) is 0 Å². The first kappa shape index (κ1) is 28.4. The first-order chi connectivity index (χ1) is 16.4. The third kappa shape index (κ3) is 4.70. The van der Waals surface area contributed by atoms with Gasteiger partial charge in [-0.3, -0.25) is 4.79 Å². The van der Waals surface area contributed by atoms with Gasteiger partial charge in [0.25, 0.3) is 0 Å². The molecule has 0 aromatic heterocycles. The fourth-order valence-electron chi connectivity index (χ4n) is 9.67. The Morgan fingerprint density at radius 1 is 1.06 bits per heavy atom. The van der Waals surface area contributed by atoms with E-state index in [1.54, 1.807) is 0 Å². The van der Waals surface area contributed by atoms with Crippen molar-refractivity contribution in [3.8, 4) is 0 Å². The van der Waals surface area contributed by atoms with E-state index >= 15 is 0 Å². The molecule has 7 atom stereocenters. The maximum atomic E-state index is 13.7. The van der Waals surface area contributed by atoms with E-state index in [0.29, 0.717) is 29.8 Å². The lowest BCUT2D eigenvalue weighted by molar-refractivity contribution is -0.903. The predicted molar refractivity (Wildman–Crippen MR) is 143 cm³/mol. The number of likely N-dealkylation sites (N-methyl/N-ethyl adjacent to an activating group) is 1. The minimum atomic E-state index is -0.356. The molecular weight excluding hydrogens is 534 g/mol. The van der Waals surface area contributed by atoms with Crippen LogP contribution in [-0.2, 0) is 16.1 Å². The van der Waals surface area contributed by atoms with E-state index in [9.17, 15) is 4.79 Å². The zero-order valence-electron chi connectivity index (χ0n) is 23.1. The van der Waals surface area contributed by atoms with Gasteiger partial charge >= 0.3 is 5.97 Å². The van der Waals surface area contributed by atoms with Crippen LogP contribution in [0.4, 0.5) is 0 Å². The molecule has 4 fully saturated rings. The lowest BCUT2D eigenvalue weighted by Gasteiger charge is -2.64. The van der Waals surface area contributed by atoms with Crippen molar-refractivity contribution in [3.05, 3.63) is 35.9 Å². The molecule has 5 rings (SSSR count). The topological polar surface area (TPSA) is 26.3 Å². The number of hydrogen-bond acceptors (Lipinski definition) is 2. The standard InChI is InChI=1S/C31H47ClNO2.BrH/c1-23-20-30-16-12-25-28(2,26(30)13-17-31(23,32)22-30)14-9-15-29(25,3)27(34)35-19-18-33(4,5)21-24-10-7-6-8-11-24;/h6-8,10-11,23,25-26H,9,12-22H2,1-5H3;1H/q+1;/p-1/t23-,25-,26-,28+,29+,30+,31-;/m0./s1. The summed E-state index contributed by atoms with van der Waals surface area (Å²) in [5, 5.41) is 0. The molecule has 0 heterocycles. The highest BCUT2D eigenvalue weighted by Crippen LogP contribution is 2.74. The monoisotopic (exact) mass is 579 g/mol. The lowest BCUT2D eigenvalue weighted by atomic mass is 9.41. The minimum absolute atomic E-state index is 0. The Bertz CT molecular complexity index is 955. The van der Waals surface area contributed by atoms with Crippen LogP contribution in [0, 0.1) is 34.0 Å². The molecular formula is C31H47BrClNO2. The molecule has 1 aromatic rings. The number of carbonyl (C=O) groups excluding carboxylic acids is 1. The second-order valence-electron chi connectivity index (χ2n) is 14.1. The summed E-state index contributed by atoms with van der Waals surface area (Å²) in [5.41, 5.74) is 1.61. The highest BCUT2D eigenvalue weighted by molar-refractivity contribution is 6.24. The van der Waals surface area contributed by atoms with Crippen molar-refractivity contribution in [2.24, 2.45) is 34.0 Å². The molecule has 36 heavy (non-hydrogen) atoms. The molecule has 0 unspecified atom stereocenters. The normalized spacial score (nSPS) is 41.6. The number of quaternary nitrogens is 1. The van der Waals surface area contributed by atoms with E-state index in [0.717, 1.165) is 43.3 Å². The predicted octanol–water partition coefficient (Wildman–Crippen LogP) is 4.22. The van der Waals surface area contributed by atoms with Gasteiger partial charge in [0.2, 0.25) is 0 Å². The Hall–Kier alpha value is -0.580. The van der Waals surface area contributed by atoms with Crippen LogP contribution < -0.4 is 17.0 Å². The molecule has 202 valence electrons. The SMILES string of the molecule is C[C@H]1C[C@@]23CC[C@H]4[C@@](C)(CCC[C@@]4(C)C(=O)OCC[N+](C)(C)Cc4ccccc4)[C@@H]2CC[C@]1(Cl)C3.[Br-]. The largest absolute Gasteiger partial charge is 1.00 e. The van der Waals surface area contributed by atoms with Crippen LogP contribution in [0.15, 0.2) is 30.3 Å². The third-order valence-corrected chi connectivity index (χ3v) is 12.1. The van der Waals surface area contributed by atoms with E-state index in [2.05, 4.69) is 65.2 Å². The average Bonchev–Trinajstić information content (AvgIpc) is 2.96. The number of halogens is 2. The first-order valence-electron chi connectivity index (χ1n) is 14.1. The molecule has 2 bridgehead atoms. The highest BCUT2D eigenvalue weighted by Gasteiger charge is 2.68. The van der Waals surface area contributed by atoms with Gasteiger partial charge in [-0.15, -0.1) is 11.6 Å². The zero-order chi connectivity index (χ0) is 25.1. The van der Waals surface area contributed by atoms with Crippen LogP contribution in [0.1, 0.15) is 84.1 Å². The number of hydrogen-bond donors (Lipinski definition) is 0. The van der Waals surface area contributed by atoms with Crippen LogP contribution in [0.2, 0.25) is 0 Å². The van der Waals surface area contributed by atoms with Crippen molar-refractivity contribution in [1.82, 2.24) is 0 Å². The number of fused-ring (bicyclic) bond motifs is 3. The van der Waals surface area contributed by atoms with Gasteiger partial charge in [0.1, 0.15) is 19.7 Å². The number of alkyl halides is 1. The average molecular weight is 581 g/mol. The first-order valence-corrected chi connectivity index (χ1v) is 14.5. The van der Waals surface area contributed by atoms with Gasteiger partial charge in [0.15, 0.2) is 0 Å². The maximum absolute atomic E-state index is 13.7. The summed E-state index contributed by atoms with van der Waals surface area (Å²) >= 11 is 7.16. The van der Waals surface area contributed by atoms with Gasteiger partial charge in [-0.05, 0) is 86.9 Å². The molecule has 0 aliphatic heterocycles. The van der Waals surface area contributed by atoms with E-state index in [4.69, 9.17) is 16.3 Å². The number of esters is 1. The summed E-state index contributed by atoms with van der Waals surface area (Å²) in [6.07, 6.45) is 10.7. The van der Waals surface area contributed by atoms with Crippen molar-refractivity contribution in [2.75, 3.05) is 27.2 Å². The van der Waals surface area contributed by atoms with Crippen LogP contribution >= 0.6 is 11.6 Å². The summed E-state index contributed by atoms with van der Waals surface area (Å²) in [5.74, 6) is 1.81. The molecule has 1 spiro atoms. The second kappa shape index (κ2) is 9.87. The Morgan fingerprint density at radius 2 is 1.75 bits per heavy atom. The van der Waals surface area contributed by atoms with E-state index in [-0.39, 0.29) is 38.7 Å². The molecule has 0 N–H and O–H groups in total. The maximum Gasteiger partial charge on any atom is 0.312 e. The van der Waals surface area contributed by atoms with E-state index < -0.39 is 0 Å². The van der Waals surface area contributed by atoms with Gasteiger partial charge in [0.05, 0.1) is 19.5 Å². The molecule has 3 nitrogen and oxygen atoms in total. The fourth-order valence-corrected chi connectivity index (χ4v) is 10.1. The van der Waals surface area contributed by atoms with E-state index in [1.807, 2.05) is 0 Å². The molecule has 0 saturated heterocycles. The molecule has 4 aliphatic rings. The van der Waals surface area contributed by atoms with Crippen molar-refractivity contribution >= 4 is 17.6 Å². The summed E-state index contributed by atoms with van der Waals surface area (Å²) in [6.45, 7) is 9.44. The Labute approximate surface area is 235 Å². The summed E-state index contributed by atoms with van der Waals surface area (Å²) in [4.78, 5) is 13.8. The van der Waals surface area contributed by atoms with Crippen molar-refractivity contribution in [2.45, 2.75) is 90.0 Å². The Morgan fingerprint density at radius 3 is 2.47 bits per heavy atom. The molecule has 1 aromatic carbocycles. The molecule has 0 amide bonds. The zero-order valence-corrected chi connectivity index (χ0v) is 25.5. The Balaban J connectivity index is 0.00000304. The van der Waals surface area contributed by atoms with Gasteiger partial charge in [-0.1, -0.05) is 50.6 Å².